The highest BCUT2D eigenvalue weighted by molar-refractivity contribution is 5.83. The van der Waals surface area contributed by atoms with E-state index in [0.29, 0.717) is 6.42 Å². The van der Waals surface area contributed by atoms with Crippen molar-refractivity contribution in [1.82, 2.24) is 0 Å². The molecule has 0 radical (unpaired) electrons. The van der Waals surface area contributed by atoms with E-state index >= 15 is 0 Å². The normalized spacial score (nSPS) is 12.1. The lowest BCUT2D eigenvalue weighted by atomic mass is 9.96. The van der Waals surface area contributed by atoms with Crippen LogP contribution in [0.4, 0.5) is 0 Å². The maximum atomic E-state index is 6.43. The van der Waals surface area contributed by atoms with Crippen molar-refractivity contribution in [3.05, 3.63) is 71.8 Å². The van der Waals surface area contributed by atoms with Crippen molar-refractivity contribution in [3.63, 3.8) is 0 Å². The third-order valence-electron chi connectivity index (χ3n) is 4.14. The summed E-state index contributed by atoms with van der Waals surface area (Å²) in [7, 11) is 3.31. The summed E-state index contributed by atoms with van der Waals surface area (Å²) in [4.78, 5) is 0. The molecule has 3 rings (SSSR count). The second-order valence-corrected chi connectivity index (χ2v) is 5.59. The Morgan fingerprint density at radius 3 is 2.39 bits per heavy atom. The minimum Gasteiger partial charge on any atom is -0.497 e. The van der Waals surface area contributed by atoms with Crippen molar-refractivity contribution in [2.45, 2.75) is 12.5 Å². The molecule has 2 N–H and O–H groups in total. The summed E-state index contributed by atoms with van der Waals surface area (Å²) in [5.41, 5.74) is 8.63. The summed E-state index contributed by atoms with van der Waals surface area (Å²) in [6, 6.07) is 20.5. The van der Waals surface area contributed by atoms with Crippen LogP contribution in [0, 0.1) is 0 Å². The van der Waals surface area contributed by atoms with Crippen LogP contribution in [0.3, 0.4) is 0 Å². The largest absolute Gasteiger partial charge is 0.497 e. The van der Waals surface area contributed by atoms with Crippen LogP contribution in [-0.4, -0.2) is 14.2 Å². The number of benzene rings is 3. The average Bonchev–Trinajstić information content (AvgIpc) is 2.61. The van der Waals surface area contributed by atoms with E-state index in [-0.39, 0.29) is 6.04 Å². The van der Waals surface area contributed by atoms with Gasteiger partial charge in [-0.05, 0) is 40.5 Å². The predicted molar refractivity (Wildman–Crippen MR) is 94.1 cm³/mol. The van der Waals surface area contributed by atoms with Gasteiger partial charge in [0.1, 0.15) is 11.5 Å². The second-order valence-electron chi connectivity index (χ2n) is 5.59. The summed E-state index contributed by atoms with van der Waals surface area (Å²) in [6.07, 6.45) is 0.714. The third-order valence-corrected chi connectivity index (χ3v) is 4.14. The zero-order chi connectivity index (χ0) is 16.2. The number of methoxy groups -OCH3 is 2. The zero-order valence-corrected chi connectivity index (χ0v) is 13.5. The number of hydrogen-bond acceptors (Lipinski definition) is 3. The number of nitrogens with two attached hydrogens (primary N) is 1. The van der Waals surface area contributed by atoms with Gasteiger partial charge in [0.05, 0.1) is 14.2 Å². The van der Waals surface area contributed by atoms with E-state index in [9.17, 15) is 0 Å². The highest BCUT2D eigenvalue weighted by Crippen LogP contribution is 2.29. The molecule has 3 aromatic carbocycles. The van der Waals surface area contributed by atoms with Gasteiger partial charge in [0.15, 0.2) is 0 Å². The number of rotatable bonds is 5. The van der Waals surface area contributed by atoms with Crippen LogP contribution in [-0.2, 0) is 6.42 Å². The smallest absolute Gasteiger partial charge is 0.125 e. The lowest BCUT2D eigenvalue weighted by molar-refractivity contribution is 0.390. The van der Waals surface area contributed by atoms with Crippen LogP contribution in [0.2, 0.25) is 0 Å². The van der Waals surface area contributed by atoms with Gasteiger partial charge in [-0.3, -0.25) is 0 Å². The maximum Gasteiger partial charge on any atom is 0.125 e. The van der Waals surface area contributed by atoms with Crippen molar-refractivity contribution >= 4 is 10.8 Å². The molecule has 0 saturated carbocycles. The van der Waals surface area contributed by atoms with Gasteiger partial charge in [0, 0.05) is 12.1 Å². The van der Waals surface area contributed by atoms with Gasteiger partial charge in [0.25, 0.3) is 0 Å². The van der Waals surface area contributed by atoms with Gasteiger partial charge in [-0.25, -0.2) is 0 Å². The molecular weight excluding hydrogens is 286 g/mol. The van der Waals surface area contributed by atoms with E-state index in [1.165, 1.54) is 10.8 Å². The molecule has 118 valence electrons. The predicted octanol–water partition coefficient (Wildman–Crippen LogP) is 4.10. The number of fused-ring (bicyclic) bond motifs is 1. The zero-order valence-electron chi connectivity index (χ0n) is 13.5. The Labute approximate surface area is 136 Å². The first-order valence-corrected chi connectivity index (χ1v) is 7.66. The standard InChI is InChI=1S/C20H21NO2/c1-22-18-10-9-17(20(13-18)23-2)12-19(21)16-8-7-14-5-3-4-6-15(14)11-16/h3-11,13,19H,12,21H2,1-2H3. The summed E-state index contributed by atoms with van der Waals surface area (Å²) in [5, 5.41) is 2.44. The van der Waals surface area contributed by atoms with Crippen molar-refractivity contribution in [2.24, 2.45) is 5.73 Å². The van der Waals surface area contributed by atoms with Crippen LogP contribution in [0.1, 0.15) is 17.2 Å². The van der Waals surface area contributed by atoms with Crippen molar-refractivity contribution < 1.29 is 9.47 Å². The molecule has 0 fully saturated rings. The Morgan fingerprint density at radius 2 is 1.65 bits per heavy atom. The fourth-order valence-electron chi connectivity index (χ4n) is 2.81. The molecule has 0 aliphatic carbocycles. The lowest BCUT2D eigenvalue weighted by Crippen LogP contribution is -2.14. The van der Waals surface area contributed by atoms with Crippen molar-refractivity contribution in [3.8, 4) is 11.5 Å². The molecule has 23 heavy (non-hydrogen) atoms. The molecule has 3 aromatic rings. The summed E-state index contributed by atoms with van der Waals surface area (Å²) in [5.74, 6) is 1.59. The number of hydrogen-bond donors (Lipinski definition) is 1. The first-order valence-electron chi connectivity index (χ1n) is 7.66. The fraction of sp³-hybridized carbons (Fsp3) is 0.200. The molecule has 1 atom stereocenters. The molecule has 0 aliphatic rings. The van der Waals surface area contributed by atoms with Crippen molar-refractivity contribution in [2.75, 3.05) is 14.2 Å². The SMILES string of the molecule is COc1ccc(CC(N)c2ccc3ccccc3c2)c(OC)c1. The summed E-state index contributed by atoms with van der Waals surface area (Å²) in [6.45, 7) is 0. The second kappa shape index (κ2) is 6.71. The van der Waals surface area contributed by atoms with Crippen molar-refractivity contribution in [1.29, 1.82) is 0 Å². The Kier molecular flexibility index (Phi) is 4.49. The first kappa shape index (κ1) is 15.4. The Morgan fingerprint density at radius 1 is 0.870 bits per heavy atom. The van der Waals surface area contributed by atoms with Gasteiger partial charge >= 0.3 is 0 Å². The molecule has 0 aliphatic heterocycles. The summed E-state index contributed by atoms with van der Waals surface area (Å²) >= 11 is 0. The van der Waals surface area contributed by atoms with Crippen LogP contribution >= 0.6 is 0 Å². The molecular formula is C20H21NO2. The molecule has 0 spiro atoms. The van der Waals surface area contributed by atoms with Crippen LogP contribution < -0.4 is 15.2 Å². The monoisotopic (exact) mass is 307 g/mol. The molecule has 0 bridgehead atoms. The molecule has 0 amide bonds. The summed E-state index contributed by atoms with van der Waals surface area (Å²) < 4.78 is 10.7. The topological polar surface area (TPSA) is 44.5 Å². The van der Waals surface area contributed by atoms with Crippen LogP contribution in [0.25, 0.3) is 10.8 Å². The maximum absolute atomic E-state index is 6.43. The van der Waals surface area contributed by atoms with Gasteiger partial charge in [-0.15, -0.1) is 0 Å². The van der Waals surface area contributed by atoms with E-state index in [0.717, 1.165) is 22.6 Å². The van der Waals surface area contributed by atoms with Gasteiger partial charge < -0.3 is 15.2 Å². The van der Waals surface area contributed by atoms with Crippen LogP contribution in [0.5, 0.6) is 11.5 Å². The lowest BCUT2D eigenvalue weighted by Gasteiger charge is -2.16. The Hall–Kier alpha value is -2.52. The third kappa shape index (κ3) is 3.30. The highest BCUT2D eigenvalue weighted by Gasteiger charge is 2.12. The molecule has 1 unspecified atom stereocenters. The number of ether oxygens (including phenoxy) is 2. The Balaban J connectivity index is 1.86. The molecule has 3 heteroatoms. The van der Waals surface area contributed by atoms with E-state index in [1.807, 2.05) is 30.3 Å². The van der Waals surface area contributed by atoms with Crippen LogP contribution in [0.15, 0.2) is 60.7 Å². The van der Waals surface area contributed by atoms with Gasteiger partial charge in [0.2, 0.25) is 0 Å². The van der Waals surface area contributed by atoms with E-state index in [1.54, 1.807) is 14.2 Å². The van der Waals surface area contributed by atoms with Gasteiger partial charge in [-0.1, -0.05) is 42.5 Å². The molecule has 0 saturated heterocycles. The minimum atomic E-state index is -0.0816. The molecule has 0 heterocycles. The van der Waals surface area contributed by atoms with Gasteiger partial charge in [-0.2, -0.15) is 0 Å². The first-order chi connectivity index (χ1) is 11.2. The fourth-order valence-corrected chi connectivity index (χ4v) is 2.81. The molecule has 0 aromatic heterocycles. The quantitative estimate of drug-likeness (QED) is 0.772. The van der Waals surface area contributed by atoms with E-state index in [4.69, 9.17) is 15.2 Å². The highest BCUT2D eigenvalue weighted by atomic mass is 16.5. The molecule has 3 nitrogen and oxygen atoms in total. The Bertz CT molecular complexity index is 814. The van der Waals surface area contributed by atoms with E-state index in [2.05, 4.69) is 30.3 Å². The average molecular weight is 307 g/mol. The minimum absolute atomic E-state index is 0.0816. The van der Waals surface area contributed by atoms with E-state index < -0.39 is 0 Å².